The molecule has 33 heavy (non-hydrogen) atoms. The molecule has 168 valence electrons. The second-order valence-electron chi connectivity index (χ2n) is 8.04. The van der Waals surface area contributed by atoms with Gasteiger partial charge in [0.2, 0.25) is 0 Å². The lowest BCUT2D eigenvalue weighted by atomic mass is 9.88. The number of carbonyl (C=O) groups is 2. The molecule has 0 radical (unpaired) electrons. The molecule has 0 aromatic heterocycles. The van der Waals surface area contributed by atoms with Crippen LogP contribution in [-0.4, -0.2) is 18.5 Å². The molecule has 0 saturated heterocycles. The maximum absolute atomic E-state index is 13.2. The van der Waals surface area contributed by atoms with Gasteiger partial charge in [0, 0.05) is 23.2 Å². The molecule has 3 aromatic carbocycles. The molecule has 1 atom stereocenters. The van der Waals surface area contributed by atoms with E-state index in [1.807, 2.05) is 42.5 Å². The van der Waals surface area contributed by atoms with Gasteiger partial charge in [-0.2, -0.15) is 0 Å². The Kier molecular flexibility index (Phi) is 7.10. The van der Waals surface area contributed by atoms with Gasteiger partial charge in [-0.15, -0.1) is 0 Å². The van der Waals surface area contributed by atoms with Crippen molar-refractivity contribution in [2.24, 2.45) is 0 Å². The minimum absolute atomic E-state index is 0.163. The largest absolute Gasteiger partial charge is 0.352 e. The number of hydrogen-bond donors (Lipinski definition) is 3. The molecule has 5 nitrogen and oxygen atoms in total. The number of benzene rings is 3. The first-order valence-corrected chi connectivity index (χ1v) is 11.3. The fourth-order valence-corrected chi connectivity index (χ4v) is 4.45. The second-order valence-corrected chi connectivity index (χ2v) is 8.48. The molecule has 1 aliphatic rings. The van der Waals surface area contributed by atoms with Gasteiger partial charge in [-0.1, -0.05) is 84.4 Å². The zero-order chi connectivity index (χ0) is 23.2. The maximum Gasteiger partial charge on any atom is 0.319 e. The average molecular weight is 460 g/mol. The van der Waals surface area contributed by atoms with Crippen LogP contribution in [0, 0.1) is 0 Å². The molecule has 0 aliphatic carbocycles. The van der Waals surface area contributed by atoms with Crippen LogP contribution in [0.2, 0.25) is 5.02 Å². The zero-order valence-electron chi connectivity index (χ0n) is 18.3. The fraction of sp³-hybridized carbons (Fsp3) is 0.185. The lowest BCUT2D eigenvalue weighted by molar-refractivity contribution is -0.117. The molecule has 0 bridgehead atoms. The minimum atomic E-state index is -0.573. The molecule has 3 N–H and O–H groups in total. The molecular formula is C27H26ClN3O2. The van der Waals surface area contributed by atoms with Gasteiger partial charge in [-0.05, 0) is 42.2 Å². The van der Waals surface area contributed by atoms with Gasteiger partial charge < -0.3 is 16.0 Å². The number of nitrogens with one attached hydrogen (secondary N) is 3. The molecule has 0 spiro atoms. The number of halogens is 1. The van der Waals surface area contributed by atoms with Crippen LogP contribution in [0.1, 0.15) is 42.0 Å². The standard InChI is InChI=1S/C27H26ClN3O2/c1-18-24(25(31-27(33)30-18)21-13-8-14-22(28)17-21)26(32)29-16-15-23(19-9-4-2-5-10-19)20-11-6-3-7-12-20/h2-14,17,23,25H,15-16H2,1H3,(H,29,32)(H2,30,31,33). The van der Waals surface area contributed by atoms with Crippen molar-refractivity contribution in [1.82, 2.24) is 16.0 Å². The molecule has 4 rings (SSSR count). The van der Waals surface area contributed by atoms with Crippen LogP contribution in [0.4, 0.5) is 4.79 Å². The third-order valence-corrected chi connectivity index (χ3v) is 6.05. The van der Waals surface area contributed by atoms with Gasteiger partial charge in [0.25, 0.3) is 5.91 Å². The highest BCUT2D eigenvalue weighted by molar-refractivity contribution is 6.30. The fourth-order valence-electron chi connectivity index (χ4n) is 4.25. The van der Waals surface area contributed by atoms with E-state index in [0.717, 1.165) is 12.0 Å². The second kappa shape index (κ2) is 10.4. The van der Waals surface area contributed by atoms with Crippen LogP contribution in [-0.2, 0) is 4.79 Å². The summed E-state index contributed by atoms with van der Waals surface area (Å²) < 4.78 is 0. The Morgan fingerprint density at radius 2 is 1.61 bits per heavy atom. The lowest BCUT2D eigenvalue weighted by Gasteiger charge is -2.29. The number of allylic oxidation sites excluding steroid dienone is 1. The normalized spacial score (nSPS) is 15.7. The van der Waals surface area contributed by atoms with E-state index in [1.54, 1.807) is 25.1 Å². The number of carbonyl (C=O) groups excluding carboxylic acids is 2. The first-order valence-electron chi connectivity index (χ1n) is 10.9. The Morgan fingerprint density at radius 1 is 0.970 bits per heavy atom. The summed E-state index contributed by atoms with van der Waals surface area (Å²) in [5, 5.41) is 9.16. The van der Waals surface area contributed by atoms with E-state index >= 15 is 0 Å². The Hall–Kier alpha value is -3.57. The van der Waals surface area contributed by atoms with Crippen LogP contribution >= 0.6 is 11.6 Å². The van der Waals surface area contributed by atoms with E-state index in [0.29, 0.717) is 22.8 Å². The molecule has 6 heteroatoms. The summed E-state index contributed by atoms with van der Waals surface area (Å²) in [4.78, 5) is 25.4. The number of rotatable bonds is 7. The smallest absolute Gasteiger partial charge is 0.319 e. The minimum Gasteiger partial charge on any atom is -0.352 e. The average Bonchev–Trinajstić information content (AvgIpc) is 2.82. The van der Waals surface area contributed by atoms with E-state index in [1.165, 1.54) is 11.1 Å². The zero-order valence-corrected chi connectivity index (χ0v) is 19.1. The molecule has 0 fully saturated rings. The monoisotopic (exact) mass is 459 g/mol. The third kappa shape index (κ3) is 5.44. The summed E-state index contributed by atoms with van der Waals surface area (Å²) in [6.07, 6.45) is 0.744. The summed E-state index contributed by atoms with van der Waals surface area (Å²) in [7, 11) is 0. The Balaban J connectivity index is 1.51. The van der Waals surface area contributed by atoms with Gasteiger partial charge in [0.1, 0.15) is 0 Å². The van der Waals surface area contributed by atoms with Gasteiger partial charge in [0.15, 0.2) is 0 Å². The highest BCUT2D eigenvalue weighted by Gasteiger charge is 2.31. The first-order chi connectivity index (χ1) is 16.0. The molecule has 3 aromatic rings. The number of hydrogen-bond acceptors (Lipinski definition) is 2. The molecule has 1 unspecified atom stereocenters. The van der Waals surface area contributed by atoms with Crippen molar-refractivity contribution in [3.05, 3.63) is 118 Å². The Morgan fingerprint density at radius 3 is 2.21 bits per heavy atom. The molecule has 0 saturated carbocycles. The topological polar surface area (TPSA) is 70.2 Å². The van der Waals surface area contributed by atoms with E-state index in [4.69, 9.17) is 11.6 Å². The van der Waals surface area contributed by atoms with E-state index in [-0.39, 0.29) is 17.9 Å². The summed E-state index contributed by atoms with van der Waals surface area (Å²) in [6, 6.07) is 26.8. The molecular weight excluding hydrogens is 434 g/mol. The van der Waals surface area contributed by atoms with Crippen molar-refractivity contribution in [1.29, 1.82) is 0 Å². The van der Waals surface area contributed by atoms with Gasteiger partial charge in [0.05, 0.1) is 11.6 Å². The van der Waals surface area contributed by atoms with E-state index in [2.05, 4.69) is 40.2 Å². The predicted molar refractivity (Wildman–Crippen MR) is 131 cm³/mol. The van der Waals surface area contributed by atoms with Crippen molar-refractivity contribution >= 4 is 23.5 Å². The van der Waals surface area contributed by atoms with Crippen LogP contribution in [0.3, 0.4) is 0 Å². The number of amides is 3. The molecule has 3 amide bonds. The Labute approximate surface area is 198 Å². The van der Waals surface area contributed by atoms with E-state index < -0.39 is 6.04 Å². The third-order valence-electron chi connectivity index (χ3n) is 5.82. The highest BCUT2D eigenvalue weighted by atomic mass is 35.5. The van der Waals surface area contributed by atoms with Crippen LogP contribution < -0.4 is 16.0 Å². The van der Waals surface area contributed by atoms with Crippen LogP contribution in [0.25, 0.3) is 0 Å². The van der Waals surface area contributed by atoms with E-state index in [9.17, 15) is 9.59 Å². The highest BCUT2D eigenvalue weighted by Crippen LogP contribution is 2.30. The van der Waals surface area contributed by atoms with Gasteiger partial charge >= 0.3 is 6.03 Å². The molecule has 1 heterocycles. The van der Waals surface area contributed by atoms with Crippen LogP contribution in [0.5, 0.6) is 0 Å². The summed E-state index contributed by atoms with van der Waals surface area (Å²) in [6.45, 7) is 2.22. The van der Waals surface area contributed by atoms with Crippen molar-refractivity contribution in [3.63, 3.8) is 0 Å². The summed E-state index contributed by atoms with van der Waals surface area (Å²) in [5.41, 5.74) is 4.18. The summed E-state index contributed by atoms with van der Waals surface area (Å²) in [5.74, 6) is -0.0551. The summed E-state index contributed by atoms with van der Waals surface area (Å²) >= 11 is 6.15. The first kappa shape index (κ1) is 22.6. The Bertz CT molecular complexity index is 1120. The van der Waals surface area contributed by atoms with Crippen molar-refractivity contribution in [3.8, 4) is 0 Å². The van der Waals surface area contributed by atoms with Crippen LogP contribution in [0.15, 0.2) is 96.2 Å². The number of urea groups is 1. The van der Waals surface area contributed by atoms with Gasteiger partial charge in [-0.3, -0.25) is 4.79 Å². The lowest BCUT2D eigenvalue weighted by Crippen LogP contribution is -2.47. The van der Waals surface area contributed by atoms with Crippen molar-refractivity contribution < 1.29 is 9.59 Å². The predicted octanol–water partition coefficient (Wildman–Crippen LogP) is 5.31. The van der Waals surface area contributed by atoms with Crippen molar-refractivity contribution in [2.75, 3.05) is 6.54 Å². The molecule has 1 aliphatic heterocycles. The van der Waals surface area contributed by atoms with Gasteiger partial charge in [-0.25, -0.2) is 4.79 Å². The maximum atomic E-state index is 13.2. The SMILES string of the molecule is CC1=C(C(=O)NCCC(c2ccccc2)c2ccccc2)C(c2cccc(Cl)c2)NC(=O)N1. The quantitative estimate of drug-likeness (QED) is 0.448. The van der Waals surface area contributed by atoms with Crippen molar-refractivity contribution in [2.45, 2.75) is 25.3 Å².